The van der Waals surface area contributed by atoms with Crippen LogP contribution < -0.4 is 5.32 Å². The van der Waals surface area contributed by atoms with Gasteiger partial charge in [-0.05, 0) is 41.6 Å². The molecule has 0 bridgehead atoms. The van der Waals surface area contributed by atoms with Gasteiger partial charge in [-0.25, -0.2) is 14.6 Å². The van der Waals surface area contributed by atoms with E-state index in [1.807, 2.05) is 54.3 Å². The number of hydrogen-bond donors (Lipinski definition) is 1. The Bertz CT molecular complexity index is 739. The van der Waals surface area contributed by atoms with E-state index < -0.39 is 0 Å². The first-order valence-corrected chi connectivity index (χ1v) is 7.72. The largest absolute Gasteiger partial charge is 0.369 e. The minimum atomic E-state index is 0.675. The van der Waals surface area contributed by atoms with Crippen LogP contribution in [0.15, 0.2) is 48.9 Å². The quantitative estimate of drug-likeness (QED) is 0.693. The van der Waals surface area contributed by atoms with Gasteiger partial charge in [0.25, 0.3) is 0 Å². The normalized spacial score (nSPS) is 10.6. The third-order valence-corrected chi connectivity index (χ3v) is 3.74. The third-order valence-electron chi connectivity index (χ3n) is 2.95. The number of halogens is 1. The fourth-order valence-corrected chi connectivity index (χ4v) is 2.41. The van der Waals surface area contributed by atoms with Gasteiger partial charge in [0.1, 0.15) is 5.82 Å². The van der Waals surface area contributed by atoms with Crippen LogP contribution in [0, 0.1) is 3.57 Å². The molecule has 0 aliphatic rings. The highest BCUT2D eigenvalue weighted by molar-refractivity contribution is 14.1. The number of nitrogens with zero attached hydrogens (tertiary/aromatic N) is 4. The molecule has 2 heterocycles. The predicted molar refractivity (Wildman–Crippen MR) is 91.5 cm³/mol. The number of anilines is 1. The van der Waals surface area contributed by atoms with E-state index in [1.54, 1.807) is 6.20 Å². The summed E-state index contributed by atoms with van der Waals surface area (Å²) >= 11 is 2.23. The molecule has 21 heavy (non-hydrogen) atoms. The minimum absolute atomic E-state index is 0.675. The lowest BCUT2D eigenvalue weighted by molar-refractivity contribution is 0.880. The zero-order valence-electron chi connectivity index (χ0n) is 11.5. The first-order chi connectivity index (χ1) is 10.3. The van der Waals surface area contributed by atoms with Crippen LogP contribution in [0.5, 0.6) is 0 Å². The lowest BCUT2D eigenvalue weighted by atomic mass is 10.3. The molecule has 6 heteroatoms. The fraction of sp³-hybridized carbons (Fsp3) is 0.133. The highest BCUT2D eigenvalue weighted by Gasteiger charge is 2.09. The SMILES string of the molecule is CCNc1nc(-c2cnn(-c3ccccc3)c2)ncc1I. The first kappa shape index (κ1) is 14.0. The van der Waals surface area contributed by atoms with Crippen LogP contribution in [-0.2, 0) is 0 Å². The molecular formula is C15H14IN5. The summed E-state index contributed by atoms with van der Waals surface area (Å²) in [6.45, 7) is 2.88. The molecule has 3 aromatic rings. The molecule has 0 fully saturated rings. The fourth-order valence-electron chi connectivity index (χ4n) is 1.96. The van der Waals surface area contributed by atoms with Crippen LogP contribution >= 0.6 is 22.6 Å². The second-order valence-electron chi connectivity index (χ2n) is 4.43. The molecule has 3 rings (SSSR count). The van der Waals surface area contributed by atoms with E-state index in [4.69, 9.17) is 0 Å². The Morgan fingerprint density at radius 2 is 2.00 bits per heavy atom. The molecule has 5 nitrogen and oxygen atoms in total. The Morgan fingerprint density at radius 1 is 1.19 bits per heavy atom. The Labute approximate surface area is 136 Å². The summed E-state index contributed by atoms with van der Waals surface area (Å²) < 4.78 is 2.83. The van der Waals surface area contributed by atoms with E-state index in [0.717, 1.165) is 27.2 Å². The van der Waals surface area contributed by atoms with Crippen LogP contribution in [0.25, 0.3) is 17.1 Å². The number of nitrogens with one attached hydrogen (secondary N) is 1. The topological polar surface area (TPSA) is 55.6 Å². The van der Waals surface area contributed by atoms with Gasteiger partial charge in [0.15, 0.2) is 5.82 Å². The molecule has 1 aromatic carbocycles. The van der Waals surface area contributed by atoms with Crippen LogP contribution in [0.1, 0.15) is 6.92 Å². The highest BCUT2D eigenvalue weighted by atomic mass is 127. The van der Waals surface area contributed by atoms with Crippen molar-refractivity contribution >= 4 is 28.4 Å². The van der Waals surface area contributed by atoms with Gasteiger partial charge in [0, 0.05) is 18.9 Å². The van der Waals surface area contributed by atoms with Crippen LogP contribution in [0.2, 0.25) is 0 Å². The van der Waals surface area contributed by atoms with E-state index in [1.165, 1.54) is 0 Å². The number of hydrogen-bond acceptors (Lipinski definition) is 4. The summed E-state index contributed by atoms with van der Waals surface area (Å²) in [5, 5.41) is 7.61. The maximum atomic E-state index is 4.56. The zero-order chi connectivity index (χ0) is 14.7. The van der Waals surface area contributed by atoms with Crippen LogP contribution in [-0.4, -0.2) is 26.3 Å². The van der Waals surface area contributed by atoms with Crippen molar-refractivity contribution in [3.05, 3.63) is 52.5 Å². The van der Waals surface area contributed by atoms with Gasteiger partial charge >= 0.3 is 0 Å². The van der Waals surface area contributed by atoms with Crippen molar-refractivity contribution in [3.8, 4) is 17.1 Å². The Kier molecular flexibility index (Phi) is 4.14. The first-order valence-electron chi connectivity index (χ1n) is 6.65. The molecule has 0 spiro atoms. The monoisotopic (exact) mass is 391 g/mol. The molecule has 106 valence electrons. The number of para-hydroxylation sites is 1. The maximum absolute atomic E-state index is 4.56. The summed E-state index contributed by atoms with van der Waals surface area (Å²) in [4.78, 5) is 8.94. The molecule has 0 radical (unpaired) electrons. The molecule has 0 saturated carbocycles. The summed E-state index contributed by atoms with van der Waals surface area (Å²) in [6, 6.07) is 9.98. The van der Waals surface area contributed by atoms with E-state index in [2.05, 4.69) is 43.0 Å². The molecule has 0 unspecified atom stereocenters. The van der Waals surface area contributed by atoms with Crippen LogP contribution in [0.3, 0.4) is 0 Å². The standard InChI is InChI=1S/C15H14IN5/c1-2-17-15-13(16)9-18-14(20-15)11-8-19-21(10-11)12-6-4-3-5-7-12/h3-10H,2H2,1H3,(H,17,18,20). The van der Waals surface area contributed by atoms with E-state index in [9.17, 15) is 0 Å². The lowest BCUT2D eigenvalue weighted by Gasteiger charge is -2.05. The second kappa shape index (κ2) is 6.21. The second-order valence-corrected chi connectivity index (χ2v) is 5.59. The number of rotatable bonds is 4. The molecular weight excluding hydrogens is 377 g/mol. The Morgan fingerprint density at radius 3 is 2.76 bits per heavy atom. The van der Waals surface area contributed by atoms with Gasteiger partial charge in [-0.15, -0.1) is 0 Å². The summed E-state index contributed by atoms with van der Waals surface area (Å²) in [5.41, 5.74) is 1.91. The van der Waals surface area contributed by atoms with Crippen molar-refractivity contribution in [2.24, 2.45) is 0 Å². The van der Waals surface area contributed by atoms with Crippen molar-refractivity contribution in [3.63, 3.8) is 0 Å². The van der Waals surface area contributed by atoms with Crippen molar-refractivity contribution in [2.45, 2.75) is 6.92 Å². The predicted octanol–water partition coefficient (Wildman–Crippen LogP) is 3.37. The van der Waals surface area contributed by atoms with Gasteiger partial charge in [0.2, 0.25) is 0 Å². The van der Waals surface area contributed by atoms with Gasteiger partial charge in [-0.1, -0.05) is 18.2 Å². The lowest BCUT2D eigenvalue weighted by Crippen LogP contribution is -2.03. The Balaban J connectivity index is 1.95. The molecule has 0 aliphatic carbocycles. The summed E-state index contributed by atoms with van der Waals surface area (Å²) in [6.07, 6.45) is 5.54. The molecule has 0 aliphatic heterocycles. The van der Waals surface area contributed by atoms with Crippen molar-refractivity contribution in [2.75, 3.05) is 11.9 Å². The summed E-state index contributed by atoms with van der Waals surface area (Å²) in [7, 11) is 0. The van der Waals surface area contributed by atoms with Gasteiger partial charge < -0.3 is 5.32 Å². The molecule has 0 atom stereocenters. The van der Waals surface area contributed by atoms with Gasteiger partial charge in [-0.2, -0.15) is 5.10 Å². The Hall–Kier alpha value is -1.96. The maximum Gasteiger partial charge on any atom is 0.164 e. The average Bonchev–Trinajstić information content (AvgIpc) is 3.00. The molecule has 0 saturated heterocycles. The van der Waals surface area contributed by atoms with Crippen LogP contribution in [0.4, 0.5) is 5.82 Å². The molecule has 0 amide bonds. The van der Waals surface area contributed by atoms with Gasteiger partial charge in [-0.3, -0.25) is 0 Å². The van der Waals surface area contributed by atoms with Crippen molar-refractivity contribution < 1.29 is 0 Å². The highest BCUT2D eigenvalue weighted by Crippen LogP contribution is 2.21. The van der Waals surface area contributed by atoms with Crippen molar-refractivity contribution in [1.29, 1.82) is 0 Å². The van der Waals surface area contributed by atoms with E-state index >= 15 is 0 Å². The third kappa shape index (κ3) is 3.05. The van der Waals surface area contributed by atoms with Crippen molar-refractivity contribution in [1.82, 2.24) is 19.7 Å². The molecule has 1 N–H and O–H groups in total. The average molecular weight is 391 g/mol. The number of aromatic nitrogens is 4. The number of benzene rings is 1. The van der Waals surface area contributed by atoms with Gasteiger partial charge in [0.05, 0.1) is 21.0 Å². The molecule has 2 aromatic heterocycles. The summed E-state index contributed by atoms with van der Waals surface area (Å²) in [5.74, 6) is 1.53. The zero-order valence-corrected chi connectivity index (χ0v) is 13.7. The minimum Gasteiger partial charge on any atom is -0.369 e. The smallest absolute Gasteiger partial charge is 0.164 e. The van der Waals surface area contributed by atoms with E-state index in [-0.39, 0.29) is 0 Å². The van der Waals surface area contributed by atoms with E-state index in [0.29, 0.717) is 5.82 Å².